The van der Waals surface area contributed by atoms with E-state index >= 15 is 0 Å². The molecular formula is C17H21N. The quantitative estimate of drug-likeness (QED) is 0.794. The van der Waals surface area contributed by atoms with Crippen molar-refractivity contribution in [3.63, 3.8) is 0 Å². The molecule has 0 spiro atoms. The predicted molar refractivity (Wildman–Crippen MR) is 78.8 cm³/mol. The summed E-state index contributed by atoms with van der Waals surface area (Å²) in [6.45, 7) is 6.65. The summed E-state index contributed by atoms with van der Waals surface area (Å²) >= 11 is 0. The molecule has 18 heavy (non-hydrogen) atoms. The Bertz CT molecular complexity index is 463. The van der Waals surface area contributed by atoms with Gasteiger partial charge in [0.1, 0.15) is 0 Å². The van der Waals surface area contributed by atoms with Crippen molar-refractivity contribution in [2.24, 2.45) is 0 Å². The summed E-state index contributed by atoms with van der Waals surface area (Å²) in [6.07, 6.45) is 1.07. The highest BCUT2D eigenvalue weighted by molar-refractivity contribution is 5.45. The van der Waals surface area contributed by atoms with Gasteiger partial charge in [0.25, 0.3) is 0 Å². The second kappa shape index (κ2) is 4.85. The lowest BCUT2D eigenvalue weighted by molar-refractivity contribution is 0.550. The molecule has 0 saturated heterocycles. The number of anilines is 1. The minimum atomic E-state index is 0.0569. The van der Waals surface area contributed by atoms with E-state index in [1.807, 2.05) is 12.1 Å². The Morgan fingerprint density at radius 2 is 1.33 bits per heavy atom. The molecule has 0 fully saturated rings. The first kappa shape index (κ1) is 12.7. The molecule has 0 bridgehead atoms. The molecule has 0 unspecified atom stereocenters. The summed E-state index contributed by atoms with van der Waals surface area (Å²) in [6, 6.07) is 17.1. The van der Waals surface area contributed by atoms with Gasteiger partial charge in [-0.05, 0) is 36.6 Å². The van der Waals surface area contributed by atoms with Crippen LogP contribution in [0.2, 0.25) is 0 Å². The van der Waals surface area contributed by atoms with Crippen molar-refractivity contribution < 1.29 is 0 Å². The Balaban J connectivity index is 2.47. The van der Waals surface area contributed by atoms with Gasteiger partial charge in [0, 0.05) is 11.1 Å². The Hall–Kier alpha value is -1.76. The molecule has 0 aromatic heterocycles. The van der Waals surface area contributed by atoms with Crippen LogP contribution in [-0.2, 0) is 5.41 Å². The molecule has 0 radical (unpaired) electrons. The van der Waals surface area contributed by atoms with Gasteiger partial charge in [0.2, 0.25) is 0 Å². The number of benzene rings is 2. The molecule has 0 amide bonds. The van der Waals surface area contributed by atoms with Gasteiger partial charge in [-0.1, -0.05) is 55.8 Å². The summed E-state index contributed by atoms with van der Waals surface area (Å²) in [4.78, 5) is 0. The number of rotatable bonds is 3. The van der Waals surface area contributed by atoms with Crippen LogP contribution in [0.5, 0.6) is 0 Å². The highest BCUT2D eigenvalue weighted by Crippen LogP contribution is 2.35. The first-order valence-electron chi connectivity index (χ1n) is 6.49. The highest BCUT2D eigenvalue weighted by atomic mass is 14.5. The van der Waals surface area contributed by atoms with Crippen molar-refractivity contribution in [2.45, 2.75) is 32.6 Å². The predicted octanol–water partition coefficient (Wildman–Crippen LogP) is 4.29. The topological polar surface area (TPSA) is 26.0 Å². The smallest absolute Gasteiger partial charge is 0.0314 e. The Labute approximate surface area is 110 Å². The summed E-state index contributed by atoms with van der Waals surface area (Å²) < 4.78 is 0. The van der Waals surface area contributed by atoms with Crippen molar-refractivity contribution in [3.8, 4) is 0 Å². The number of aryl methyl sites for hydroxylation is 1. The molecule has 94 valence electrons. The summed E-state index contributed by atoms with van der Waals surface area (Å²) in [5, 5.41) is 0. The van der Waals surface area contributed by atoms with Gasteiger partial charge in [-0.3, -0.25) is 0 Å². The fraction of sp³-hybridized carbons (Fsp3) is 0.294. The van der Waals surface area contributed by atoms with Crippen LogP contribution >= 0.6 is 0 Å². The zero-order valence-corrected chi connectivity index (χ0v) is 11.4. The molecule has 0 saturated carbocycles. The van der Waals surface area contributed by atoms with Gasteiger partial charge in [-0.2, -0.15) is 0 Å². The van der Waals surface area contributed by atoms with E-state index in [2.05, 4.69) is 57.2 Å². The molecule has 0 aliphatic heterocycles. The van der Waals surface area contributed by atoms with Crippen LogP contribution in [0.15, 0.2) is 48.5 Å². The molecule has 2 N–H and O–H groups in total. The van der Waals surface area contributed by atoms with E-state index in [1.54, 1.807) is 0 Å². The van der Waals surface area contributed by atoms with Crippen molar-refractivity contribution in [3.05, 3.63) is 65.2 Å². The van der Waals surface area contributed by atoms with E-state index < -0.39 is 0 Å². The molecule has 2 rings (SSSR count). The lowest BCUT2D eigenvalue weighted by Gasteiger charge is -2.30. The second-order valence-corrected chi connectivity index (χ2v) is 5.17. The van der Waals surface area contributed by atoms with Crippen LogP contribution in [0.25, 0.3) is 0 Å². The van der Waals surface area contributed by atoms with Crippen molar-refractivity contribution in [2.75, 3.05) is 5.73 Å². The SMILES string of the molecule is CC[C@](C)(c1ccc(C)cc1)c1ccc(N)cc1. The fourth-order valence-corrected chi connectivity index (χ4v) is 2.35. The first-order chi connectivity index (χ1) is 8.56. The van der Waals surface area contributed by atoms with Crippen LogP contribution in [0.3, 0.4) is 0 Å². The first-order valence-corrected chi connectivity index (χ1v) is 6.49. The molecule has 2 aromatic rings. The van der Waals surface area contributed by atoms with E-state index in [9.17, 15) is 0 Å². The van der Waals surface area contributed by atoms with Crippen molar-refractivity contribution in [1.82, 2.24) is 0 Å². The Morgan fingerprint density at radius 1 is 0.889 bits per heavy atom. The maximum Gasteiger partial charge on any atom is 0.0314 e. The van der Waals surface area contributed by atoms with Gasteiger partial charge >= 0.3 is 0 Å². The van der Waals surface area contributed by atoms with Crippen molar-refractivity contribution >= 4 is 5.69 Å². The van der Waals surface area contributed by atoms with Crippen LogP contribution in [0.1, 0.15) is 37.0 Å². The summed E-state index contributed by atoms with van der Waals surface area (Å²) in [5.74, 6) is 0. The van der Waals surface area contributed by atoms with Crippen LogP contribution in [0.4, 0.5) is 5.69 Å². The number of nitrogens with two attached hydrogens (primary N) is 1. The van der Waals surface area contributed by atoms with Crippen LogP contribution in [-0.4, -0.2) is 0 Å². The van der Waals surface area contributed by atoms with Crippen LogP contribution < -0.4 is 5.73 Å². The van der Waals surface area contributed by atoms with Gasteiger partial charge in [-0.25, -0.2) is 0 Å². The van der Waals surface area contributed by atoms with E-state index in [0.29, 0.717) is 0 Å². The summed E-state index contributed by atoms with van der Waals surface area (Å²) in [5.41, 5.74) is 10.6. The lowest BCUT2D eigenvalue weighted by Crippen LogP contribution is -2.22. The molecular weight excluding hydrogens is 218 g/mol. The maximum absolute atomic E-state index is 5.77. The third-order valence-electron chi connectivity index (χ3n) is 3.94. The third kappa shape index (κ3) is 2.26. The molecule has 0 heterocycles. The average Bonchev–Trinajstić information content (AvgIpc) is 2.39. The third-order valence-corrected chi connectivity index (χ3v) is 3.94. The van der Waals surface area contributed by atoms with Crippen LogP contribution in [0, 0.1) is 6.92 Å². The zero-order chi connectivity index (χ0) is 13.2. The number of hydrogen-bond acceptors (Lipinski definition) is 1. The Kier molecular flexibility index (Phi) is 3.42. The second-order valence-electron chi connectivity index (χ2n) is 5.17. The molecule has 0 aliphatic carbocycles. The number of nitrogen functional groups attached to an aromatic ring is 1. The highest BCUT2D eigenvalue weighted by Gasteiger charge is 2.26. The molecule has 1 atom stereocenters. The van der Waals surface area contributed by atoms with E-state index in [1.165, 1.54) is 16.7 Å². The molecule has 2 aromatic carbocycles. The number of hydrogen-bond donors (Lipinski definition) is 1. The fourth-order valence-electron chi connectivity index (χ4n) is 2.35. The molecule has 0 aliphatic rings. The average molecular weight is 239 g/mol. The standard InChI is InChI=1S/C17H21N/c1-4-17(3,14-7-5-13(2)6-8-14)15-9-11-16(18)12-10-15/h5-12H,4,18H2,1-3H3/t17-/m1/s1. The minimum absolute atomic E-state index is 0.0569. The van der Waals surface area contributed by atoms with Gasteiger partial charge < -0.3 is 5.73 Å². The molecule has 1 nitrogen and oxygen atoms in total. The normalized spacial score (nSPS) is 14.2. The monoisotopic (exact) mass is 239 g/mol. The largest absolute Gasteiger partial charge is 0.399 e. The lowest BCUT2D eigenvalue weighted by atomic mass is 9.74. The molecule has 1 heteroatoms. The van der Waals surface area contributed by atoms with E-state index in [0.717, 1.165) is 12.1 Å². The van der Waals surface area contributed by atoms with Gasteiger partial charge in [-0.15, -0.1) is 0 Å². The van der Waals surface area contributed by atoms with Gasteiger partial charge in [0.15, 0.2) is 0 Å². The van der Waals surface area contributed by atoms with E-state index in [-0.39, 0.29) is 5.41 Å². The van der Waals surface area contributed by atoms with Gasteiger partial charge in [0.05, 0.1) is 0 Å². The summed E-state index contributed by atoms with van der Waals surface area (Å²) in [7, 11) is 0. The van der Waals surface area contributed by atoms with Crippen molar-refractivity contribution in [1.29, 1.82) is 0 Å². The Morgan fingerprint density at radius 3 is 1.78 bits per heavy atom. The minimum Gasteiger partial charge on any atom is -0.399 e. The van der Waals surface area contributed by atoms with E-state index in [4.69, 9.17) is 5.73 Å². The zero-order valence-electron chi connectivity index (χ0n) is 11.4. The maximum atomic E-state index is 5.77.